The molecule has 0 heterocycles. The number of benzene rings is 4. The largest absolute Gasteiger partial charge is 0.192 e. The van der Waals surface area contributed by atoms with E-state index in [2.05, 4.69) is 72.8 Å². The van der Waals surface area contributed by atoms with E-state index in [1.807, 2.05) is 48.5 Å². The van der Waals surface area contributed by atoms with E-state index >= 15 is 0 Å². The van der Waals surface area contributed by atoms with Gasteiger partial charge in [-0.25, -0.2) is 0 Å². The molecule has 0 atom stereocenters. The Morgan fingerprint density at radius 1 is 0.368 bits per heavy atom. The zero-order valence-corrected chi connectivity index (χ0v) is 22.5. The minimum atomic E-state index is -0.622. The number of nitrogens with zero attached hydrogens (tertiary/aromatic N) is 4. The van der Waals surface area contributed by atoms with Gasteiger partial charge in [0.25, 0.3) is 0 Å². The Kier molecular flexibility index (Phi) is 9.37. The maximum atomic E-state index is 9.21. The van der Waals surface area contributed by atoms with Crippen LogP contribution in [0, 0.1) is 45.3 Å². The molecule has 4 rings (SSSR count). The van der Waals surface area contributed by atoms with Crippen LogP contribution in [-0.2, 0) is 0 Å². The summed E-state index contributed by atoms with van der Waals surface area (Å²) < 4.78 is 0. The summed E-state index contributed by atoms with van der Waals surface area (Å²) in [7, 11) is -1.24. The van der Waals surface area contributed by atoms with Gasteiger partial charge in [0.1, 0.15) is 0 Å². The fourth-order valence-corrected chi connectivity index (χ4v) is 8.96. The molecule has 4 aromatic carbocycles. The van der Waals surface area contributed by atoms with Crippen molar-refractivity contribution in [3.63, 3.8) is 0 Å². The number of unbranched alkanes of at least 4 members (excludes halogenated alkanes) is 1. The van der Waals surface area contributed by atoms with Gasteiger partial charge in [0.05, 0.1) is 46.5 Å². The van der Waals surface area contributed by atoms with E-state index in [1.54, 1.807) is 0 Å². The molecular weight excluding hydrogens is 502 g/mol. The fraction of sp³-hybridized carbons (Fsp3) is 0.125. The van der Waals surface area contributed by atoms with Gasteiger partial charge in [0.2, 0.25) is 0 Å². The number of nitriles is 4. The molecule has 0 aliphatic rings. The SMILES string of the molecule is N#Cc1ccc(P(CCCCP(c2ccc(C#N)cc2)c2ccc(C#N)cc2)c2ccc(C#N)cc2)cc1. The molecule has 4 aromatic rings. The Morgan fingerprint density at radius 3 is 0.763 bits per heavy atom. The molecule has 0 unspecified atom stereocenters. The highest BCUT2D eigenvalue weighted by Gasteiger charge is 2.17. The quantitative estimate of drug-likeness (QED) is 0.212. The van der Waals surface area contributed by atoms with Crippen LogP contribution in [0.3, 0.4) is 0 Å². The lowest BCUT2D eigenvalue weighted by Crippen LogP contribution is -2.16. The van der Waals surface area contributed by atoms with E-state index in [9.17, 15) is 21.0 Å². The zero-order chi connectivity index (χ0) is 26.7. The maximum Gasteiger partial charge on any atom is 0.0991 e. The molecule has 0 saturated carbocycles. The predicted octanol–water partition coefficient (Wildman–Crippen LogP) is 5.52. The zero-order valence-electron chi connectivity index (χ0n) is 20.7. The second-order valence-corrected chi connectivity index (χ2v) is 13.3. The monoisotopic (exact) mass is 526 g/mol. The molecule has 182 valence electrons. The first-order valence-electron chi connectivity index (χ1n) is 12.2. The molecular formula is C32H24N4P2. The third-order valence-electron chi connectivity index (χ3n) is 6.25. The van der Waals surface area contributed by atoms with Crippen LogP contribution in [-0.4, -0.2) is 12.3 Å². The lowest BCUT2D eigenvalue weighted by Gasteiger charge is -2.21. The molecule has 0 aliphatic heterocycles. The van der Waals surface area contributed by atoms with E-state index < -0.39 is 15.8 Å². The molecule has 0 N–H and O–H groups in total. The third kappa shape index (κ3) is 6.72. The summed E-state index contributed by atoms with van der Waals surface area (Å²) in [6.07, 6.45) is 4.10. The number of rotatable bonds is 9. The fourth-order valence-electron chi connectivity index (χ4n) is 4.22. The van der Waals surface area contributed by atoms with Crippen molar-refractivity contribution in [1.82, 2.24) is 0 Å². The molecule has 0 aliphatic carbocycles. The number of hydrogen-bond donors (Lipinski definition) is 0. The molecule has 0 amide bonds. The highest BCUT2D eigenvalue weighted by atomic mass is 31.1. The van der Waals surface area contributed by atoms with Crippen molar-refractivity contribution in [1.29, 1.82) is 21.0 Å². The van der Waals surface area contributed by atoms with Crippen LogP contribution in [0.4, 0.5) is 0 Å². The molecule has 6 heteroatoms. The normalized spacial score (nSPS) is 10.4. The molecule has 0 spiro atoms. The number of hydrogen-bond acceptors (Lipinski definition) is 4. The summed E-state index contributed by atoms with van der Waals surface area (Å²) in [6, 6.07) is 40.3. The van der Waals surface area contributed by atoms with Gasteiger partial charge in [-0.15, -0.1) is 0 Å². The lowest BCUT2D eigenvalue weighted by atomic mass is 10.2. The Labute approximate surface area is 226 Å². The first kappa shape index (κ1) is 26.8. The smallest absolute Gasteiger partial charge is 0.0991 e. The lowest BCUT2D eigenvalue weighted by molar-refractivity contribution is 0.902. The van der Waals surface area contributed by atoms with Crippen LogP contribution in [0.25, 0.3) is 0 Å². The molecule has 4 nitrogen and oxygen atoms in total. The summed E-state index contributed by atoms with van der Waals surface area (Å²) in [5, 5.41) is 41.7. The van der Waals surface area contributed by atoms with Crippen molar-refractivity contribution in [2.24, 2.45) is 0 Å². The molecule has 0 saturated heterocycles. The molecule has 0 bridgehead atoms. The predicted molar refractivity (Wildman–Crippen MR) is 156 cm³/mol. The Hall–Kier alpha value is -4.30. The van der Waals surface area contributed by atoms with Gasteiger partial charge in [-0.3, -0.25) is 0 Å². The van der Waals surface area contributed by atoms with Crippen LogP contribution in [0.2, 0.25) is 0 Å². The van der Waals surface area contributed by atoms with Gasteiger partial charge in [0, 0.05) is 0 Å². The Morgan fingerprint density at radius 2 is 0.579 bits per heavy atom. The summed E-state index contributed by atoms with van der Waals surface area (Å²) in [6.45, 7) is 0. The van der Waals surface area contributed by atoms with Gasteiger partial charge >= 0.3 is 0 Å². The van der Waals surface area contributed by atoms with E-state index in [0.29, 0.717) is 22.3 Å². The van der Waals surface area contributed by atoms with Crippen molar-refractivity contribution >= 4 is 37.1 Å². The molecule has 0 aromatic heterocycles. The van der Waals surface area contributed by atoms with E-state index in [0.717, 1.165) is 25.2 Å². The maximum absolute atomic E-state index is 9.21. The van der Waals surface area contributed by atoms with Crippen molar-refractivity contribution < 1.29 is 0 Å². The minimum absolute atomic E-state index is 0.622. The van der Waals surface area contributed by atoms with Gasteiger partial charge in [-0.1, -0.05) is 48.5 Å². The second-order valence-electron chi connectivity index (χ2n) is 8.65. The highest BCUT2D eigenvalue weighted by Crippen LogP contribution is 2.38. The standard InChI is InChI=1S/C32H24N4P2/c33-21-25-3-11-29(12-4-25)37(30-13-5-26(22-34)6-14-30)19-1-2-20-38(31-15-7-27(23-35)8-16-31)32-17-9-28(24-36)10-18-32/h3-18H,1-2,19-20H2. The van der Waals surface area contributed by atoms with Crippen molar-refractivity contribution in [2.75, 3.05) is 12.3 Å². The summed E-state index contributed by atoms with van der Waals surface area (Å²) in [5.74, 6) is 0. The minimum Gasteiger partial charge on any atom is -0.192 e. The van der Waals surface area contributed by atoms with Crippen LogP contribution >= 0.6 is 15.8 Å². The Balaban J connectivity index is 1.52. The average molecular weight is 527 g/mol. The van der Waals surface area contributed by atoms with Gasteiger partial charge in [-0.2, -0.15) is 21.0 Å². The van der Waals surface area contributed by atoms with Gasteiger partial charge in [-0.05, 0) is 111 Å². The second kappa shape index (κ2) is 13.3. The summed E-state index contributed by atoms with van der Waals surface area (Å²) >= 11 is 0. The van der Waals surface area contributed by atoms with Crippen molar-refractivity contribution in [3.05, 3.63) is 119 Å². The van der Waals surface area contributed by atoms with Crippen LogP contribution < -0.4 is 21.2 Å². The first-order valence-corrected chi connectivity index (χ1v) is 15.3. The Bertz CT molecular complexity index is 1300. The molecule has 38 heavy (non-hydrogen) atoms. The topological polar surface area (TPSA) is 95.2 Å². The summed E-state index contributed by atoms with van der Waals surface area (Å²) in [4.78, 5) is 0. The van der Waals surface area contributed by atoms with Crippen LogP contribution in [0.15, 0.2) is 97.1 Å². The van der Waals surface area contributed by atoms with E-state index in [-0.39, 0.29) is 0 Å². The molecule has 0 radical (unpaired) electrons. The van der Waals surface area contributed by atoms with Crippen LogP contribution in [0.1, 0.15) is 35.1 Å². The van der Waals surface area contributed by atoms with Crippen molar-refractivity contribution in [2.45, 2.75) is 12.8 Å². The summed E-state index contributed by atoms with van der Waals surface area (Å²) in [5.41, 5.74) is 2.61. The van der Waals surface area contributed by atoms with Crippen molar-refractivity contribution in [3.8, 4) is 24.3 Å². The first-order chi connectivity index (χ1) is 18.6. The average Bonchev–Trinajstić information content (AvgIpc) is 2.99. The van der Waals surface area contributed by atoms with Gasteiger partial charge in [0.15, 0.2) is 0 Å². The van der Waals surface area contributed by atoms with E-state index in [1.165, 1.54) is 21.2 Å². The highest BCUT2D eigenvalue weighted by molar-refractivity contribution is 7.73. The third-order valence-corrected chi connectivity index (χ3v) is 11.5. The van der Waals surface area contributed by atoms with Crippen LogP contribution in [0.5, 0.6) is 0 Å². The van der Waals surface area contributed by atoms with Gasteiger partial charge < -0.3 is 0 Å². The van der Waals surface area contributed by atoms with E-state index in [4.69, 9.17) is 0 Å². The molecule has 0 fully saturated rings.